The summed E-state index contributed by atoms with van der Waals surface area (Å²) < 4.78 is 4.80. The number of H-pyrrole nitrogens is 2. The lowest BCUT2D eigenvalue weighted by Crippen LogP contribution is -2.54. The number of likely N-dealkylation sites (tertiary alicyclic amines) is 1. The van der Waals surface area contributed by atoms with Crippen LogP contribution in [0.25, 0.3) is 44.2 Å². The van der Waals surface area contributed by atoms with E-state index < -0.39 is 17.7 Å². The molecule has 1 saturated carbocycles. The van der Waals surface area contributed by atoms with E-state index >= 15 is 0 Å². The number of aromatic nitrogens is 4. The van der Waals surface area contributed by atoms with Crippen molar-refractivity contribution >= 4 is 39.7 Å². The molecule has 0 radical (unpaired) electrons. The zero-order valence-electron chi connectivity index (χ0n) is 34.3. The molecule has 0 spiro atoms. The number of alkyl carbamates (subject to hydrolysis) is 1. The van der Waals surface area contributed by atoms with Crippen molar-refractivity contribution in [3.8, 4) is 22.4 Å². The van der Waals surface area contributed by atoms with Crippen molar-refractivity contribution in [2.75, 3.05) is 13.7 Å². The lowest BCUT2D eigenvalue weighted by atomic mass is 9.82. The zero-order valence-corrected chi connectivity index (χ0v) is 34.3. The van der Waals surface area contributed by atoms with E-state index in [1.54, 1.807) is 4.90 Å². The maximum Gasteiger partial charge on any atom is 0.407 e. The molecular weight excluding hydrogens is 703 g/mol. The van der Waals surface area contributed by atoms with E-state index in [0.717, 1.165) is 75.7 Å². The Kier molecular flexibility index (Phi) is 10.7. The van der Waals surface area contributed by atoms with Crippen molar-refractivity contribution < 1.29 is 19.1 Å². The molecule has 2 aromatic heterocycles. The Morgan fingerprint density at radius 1 is 0.946 bits per heavy atom. The van der Waals surface area contributed by atoms with Gasteiger partial charge >= 0.3 is 6.09 Å². The highest BCUT2D eigenvalue weighted by molar-refractivity contribution is 6.05. The average molecular weight is 760 g/mol. The highest BCUT2D eigenvalue weighted by Gasteiger charge is 2.58. The normalized spacial score (nSPS) is 20.9. The standard InChI is InChI=1S/C45H57N7O4/c1-10-21-51(42(54)38(26(4)5)50-44(55)56-9)28(7)40-47-36-20-16-32-22-31(15-19-35(32)39(36)49-40)29-11-13-30(14-12-29)37-24-46-43(48-37)45(8)33-17-18-34(23-33)52(45)41(53)27(6)25(2)3/h11-16,19-20,22,24-28,33-34,38H,10,17-18,21,23H2,1-9H3,(H,46,48)(H,47,49)(H,50,55)/t27-,28-,33?,34+,38-,45-/m0/s1. The highest BCUT2D eigenvalue weighted by atomic mass is 16.5. The first kappa shape index (κ1) is 39.1. The minimum Gasteiger partial charge on any atom is -0.453 e. The summed E-state index contributed by atoms with van der Waals surface area (Å²) >= 11 is 0. The predicted molar refractivity (Wildman–Crippen MR) is 221 cm³/mol. The number of nitrogens with one attached hydrogen (secondary N) is 3. The molecule has 2 bridgehead atoms. The number of rotatable bonds is 12. The Bertz CT molecular complexity index is 2240. The van der Waals surface area contributed by atoms with Crippen molar-refractivity contribution in [3.05, 3.63) is 72.4 Å². The lowest BCUT2D eigenvalue weighted by Gasteiger charge is -2.44. The maximum atomic E-state index is 13.8. The Labute approximate surface area is 330 Å². The van der Waals surface area contributed by atoms with Gasteiger partial charge in [0, 0.05) is 23.9 Å². The van der Waals surface area contributed by atoms with Crippen LogP contribution in [0.3, 0.4) is 0 Å². The monoisotopic (exact) mass is 759 g/mol. The molecular formula is C45H57N7O4. The fourth-order valence-corrected chi connectivity index (χ4v) is 9.03. The summed E-state index contributed by atoms with van der Waals surface area (Å²) in [5, 5.41) is 4.81. The van der Waals surface area contributed by atoms with Gasteiger partial charge in [0.1, 0.15) is 23.2 Å². The molecule has 3 heterocycles. The third-order valence-corrected chi connectivity index (χ3v) is 12.8. The molecule has 1 aliphatic carbocycles. The number of fused-ring (bicyclic) bond motifs is 5. The van der Waals surface area contributed by atoms with Gasteiger partial charge in [0.15, 0.2) is 0 Å². The second kappa shape index (κ2) is 15.4. The summed E-state index contributed by atoms with van der Waals surface area (Å²) in [7, 11) is 1.30. The quantitative estimate of drug-likeness (QED) is 0.116. The fourth-order valence-electron chi connectivity index (χ4n) is 9.03. The second-order valence-corrected chi connectivity index (χ2v) is 16.9. The minimum absolute atomic E-state index is 0.0297. The number of nitrogens with zero attached hydrogens (tertiary/aromatic N) is 4. The molecule has 11 heteroatoms. The topological polar surface area (TPSA) is 136 Å². The number of piperidine rings is 1. The summed E-state index contributed by atoms with van der Waals surface area (Å²) in [5.41, 5.74) is 5.50. The van der Waals surface area contributed by atoms with Crippen LogP contribution in [0.5, 0.6) is 0 Å². The molecule has 6 atom stereocenters. The van der Waals surface area contributed by atoms with E-state index in [2.05, 4.69) is 96.4 Å². The van der Waals surface area contributed by atoms with Gasteiger partial charge in [-0.1, -0.05) is 84.0 Å². The number of hydrogen-bond acceptors (Lipinski definition) is 6. The molecule has 1 unspecified atom stereocenters. The van der Waals surface area contributed by atoms with E-state index in [4.69, 9.17) is 14.7 Å². The van der Waals surface area contributed by atoms with Gasteiger partial charge in [-0.05, 0) is 91.5 Å². The first-order chi connectivity index (χ1) is 26.8. The smallest absolute Gasteiger partial charge is 0.407 e. The number of amides is 3. The number of carbonyl (C=O) groups excluding carboxylic acids is 3. The van der Waals surface area contributed by atoms with E-state index in [9.17, 15) is 14.4 Å². The summed E-state index contributed by atoms with van der Waals surface area (Å²) in [6.07, 6.45) is 5.29. The van der Waals surface area contributed by atoms with Crippen molar-refractivity contribution in [2.24, 2.45) is 23.7 Å². The van der Waals surface area contributed by atoms with Crippen LogP contribution < -0.4 is 5.32 Å². The molecule has 7 rings (SSSR count). The second-order valence-electron chi connectivity index (χ2n) is 16.9. The summed E-state index contributed by atoms with van der Waals surface area (Å²) in [6, 6.07) is 18.3. The first-order valence-corrected chi connectivity index (χ1v) is 20.3. The lowest BCUT2D eigenvalue weighted by molar-refractivity contribution is -0.146. The third-order valence-electron chi connectivity index (χ3n) is 12.8. The number of imidazole rings is 2. The maximum absolute atomic E-state index is 13.8. The van der Waals surface area contributed by atoms with Crippen LogP contribution >= 0.6 is 0 Å². The van der Waals surface area contributed by atoms with E-state index in [1.165, 1.54) is 7.11 Å². The number of ether oxygens (including phenoxy) is 1. The highest BCUT2D eigenvalue weighted by Crippen LogP contribution is 2.54. The van der Waals surface area contributed by atoms with Crippen LogP contribution in [0.15, 0.2) is 60.8 Å². The number of benzene rings is 3. The molecule has 3 N–H and O–H groups in total. The Hall–Kier alpha value is -5.19. The average Bonchev–Trinajstić information content (AvgIpc) is 4.02. The van der Waals surface area contributed by atoms with Crippen LogP contribution in [-0.2, 0) is 19.9 Å². The number of aromatic amines is 2. The Morgan fingerprint density at radius 3 is 2.34 bits per heavy atom. The van der Waals surface area contributed by atoms with Crippen LogP contribution in [-0.4, -0.2) is 73.4 Å². The van der Waals surface area contributed by atoms with Crippen LogP contribution in [0.4, 0.5) is 4.79 Å². The van der Waals surface area contributed by atoms with E-state index in [0.29, 0.717) is 18.3 Å². The van der Waals surface area contributed by atoms with Crippen LogP contribution in [0, 0.1) is 23.7 Å². The summed E-state index contributed by atoms with van der Waals surface area (Å²) in [4.78, 5) is 60.7. The summed E-state index contributed by atoms with van der Waals surface area (Å²) in [5.74, 6) is 2.18. The molecule has 3 aromatic carbocycles. The Balaban J connectivity index is 1.11. The first-order valence-electron chi connectivity index (χ1n) is 20.3. The van der Waals surface area contributed by atoms with Gasteiger partial charge in [0.2, 0.25) is 11.8 Å². The van der Waals surface area contributed by atoms with Gasteiger partial charge in [0.05, 0.1) is 36.1 Å². The van der Waals surface area contributed by atoms with Gasteiger partial charge in [-0.15, -0.1) is 0 Å². The zero-order chi connectivity index (χ0) is 40.1. The third kappa shape index (κ3) is 6.83. The van der Waals surface area contributed by atoms with Gasteiger partial charge in [0.25, 0.3) is 0 Å². The number of methoxy groups -OCH3 is 1. The van der Waals surface area contributed by atoms with Gasteiger partial charge in [-0.25, -0.2) is 14.8 Å². The number of carbonyl (C=O) groups is 3. The molecule has 1 aliphatic heterocycles. The molecule has 296 valence electrons. The van der Waals surface area contributed by atoms with Gasteiger partial charge in [-0.3, -0.25) is 9.59 Å². The van der Waals surface area contributed by atoms with Crippen LogP contribution in [0.2, 0.25) is 0 Å². The summed E-state index contributed by atoms with van der Waals surface area (Å²) in [6.45, 7) is 16.9. The van der Waals surface area contributed by atoms with Gasteiger partial charge in [-0.2, -0.15) is 0 Å². The van der Waals surface area contributed by atoms with Crippen molar-refractivity contribution in [1.82, 2.24) is 35.1 Å². The van der Waals surface area contributed by atoms with Crippen molar-refractivity contribution in [1.29, 1.82) is 0 Å². The van der Waals surface area contributed by atoms with E-state index in [-0.39, 0.29) is 41.7 Å². The molecule has 56 heavy (non-hydrogen) atoms. The SMILES string of the molecule is CCCN(C(=O)[C@@H](NC(=O)OC)C(C)C)[C@@H](C)c1nc2c(ccc3cc(-c4ccc(-c5cnc([C@]6(C)C7CC[C@H](C7)N6C(=O)[C@@H](C)C(C)C)[nH]5)cc4)ccc32)[nH]1. The molecule has 2 fully saturated rings. The van der Waals surface area contributed by atoms with Gasteiger partial charge < -0.3 is 29.8 Å². The van der Waals surface area contributed by atoms with E-state index in [1.807, 2.05) is 40.0 Å². The molecule has 5 aromatic rings. The number of hydrogen-bond donors (Lipinski definition) is 3. The predicted octanol–water partition coefficient (Wildman–Crippen LogP) is 8.97. The largest absolute Gasteiger partial charge is 0.453 e. The van der Waals surface area contributed by atoms with Crippen LogP contribution in [0.1, 0.15) is 98.8 Å². The molecule has 2 aliphatic rings. The molecule has 3 amide bonds. The van der Waals surface area contributed by atoms with Crippen molar-refractivity contribution in [3.63, 3.8) is 0 Å². The molecule has 1 saturated heterocycles. The fraction of sp³-hybridized carbons (Fsp3) is 0.489. The Morgan fingerprint density at radius 2 is 1.66 bits per heavy atom. The minimum atomic E-state index is -0.720. The molecule has 11 nitrogen and oxygen atoms in total. The van der Waals surface area contributed by atoms with Crippen molar-refractivity contribution in [2.45, 2.75) is 105 Å².